The number of carbonyl (C=O) groups is 2. The lowest BCUT2D eigenvalue weighted by Crippen LogP contribution is -2.53. The predicted molar refractivity (Wildman–Crippen MR) is 186 cm³/mol. The third-order valence-electron chi connectivity index (χ3n) is 7.52. The fraction of sp³-hybridized carbons (Fsp3) is 0.278. The van der Waals surface area contributed by atoms with Gasteiger partial charge in [0.05, 0.1) is 10.6 Å². The van der Waals surface area contributed by atoms with Crippen LogP contribution in [0.2, 0.25) is 10.0 Å². The number of sulfonamides is 1. The number of halogens is 2. The van der Waals surface area contributed by atoms with Crippen molar-refractivity contribution in [1.29, 1.82) is 0 Å². The monoisotopic (exact) mass is 679 g/mol. The zero-order valence-electron chi connectivity index (χ0n) is 26.4. The minimum absolute atomic E-state index is 0.0450. The van der Waals surface area contributed by atoms with Crippen LogP contribution >= 0.6 is 23.2 Å². The Kier molecular flexibility index (Phi) is 11.9. The molecule has 0 aliphatic rings. The first-order valence-electron chi connectivity index (χ1n) is 15.1. The van der Waals surface area contributed by atoms with Crippen molar-refractivity contribution in [3.63, 3.8) is 0 Å². The molecular weight excluding hydrogens is 641 g/mol. The Morgan fingerprint density at radius 2 is 1.43 bits per heavy atom. The summed E-state index contributed by atoms with van der Waals surface area (Å²) in [5, 5.41) is 3.63. The van der Waals surface area contributed by atoms with Gasteiger partial charge in [-0.15, -0.1) is 0 Å². The summed E-state index contributed by atoms with van der Waals surface area (Å²) in [6.07, 6.45) is 0.188. The largest absolute Gasteiger partial charge is 0.354 e. The fourth-order valence-corrected chi connectivity index (χ4v) is 6.90. The van der Waals surface area contributed by atoms with E-state index in [1.54, 1.807) is 48.5 Å². The van der Waals surface area contributed by atoms with Crippen molar-refractivity contribution >= 4 is 50.7 Å². The molecule has 7 nitrogen and oxygen atoms in total. The Balaban J connectivity index is 1.83. The van der Waals surface area contributed by atoms with Gasteiger partial charge in [0.1, 0.15) is 12.6 Å². The maximum atomic E-state index is 14.6. The van der Waals surface area contributed by atoms with Crippen molar-refractivity contribution in [3.8, 4) is 0 Å². The molecule has 1 N–H and O–H groups in total. The minimum Gasteiger partial charge on any atom is -0.354 e. The van der Waals surface area contributed by atoms with Crippen LogP contribution in [-0.4, -0.2) is 44.3 Å². The molecule has 4 rings (SSSR count). The van der Waals surface area contributed by atoms with Gasteiger partial charge in [-0.1, -0.05) is 103 Å². The molecule has 0 aliphatic heterocycles. The molecule has 4 aromatic carbocycles. The van der Waals surface area contributed by atoms with Crippen molar-refractivity contribution in [2.45, 2.75) is 51.6 Å². The second kappa shape index (κ2) is 15.6. The third kappa shape index (κ3) is 8.90. The van der Waals surface area contributed by atoms with Gasteiger partial charge in [0.25, 0.3) is 10.0 Å². The Morgan fingerprint density at radius 1 is 0.804 bits per heavy atom. The number of carbonyl (C=O) groups excluding carboxylic acids is 2. The zero-order chi connectivity index (χ0) is 33.4. The highest BCUT2D eigenvalue weighted by molar-refractivity contribution is 7.92. The fourth-order valence-electron chi connectivity index (χ4n) is 4.98. The van der Waals surface area contributed by atoms with Gasteiger partial charge in [0.15, 0.2) is 0 Å². The number of nitrogens with zero attached hydrogens (tertiary/aromatic N) is 2. The summed E-state index contributed by atoms with van der Waals surface area (Å²) in [7, 11) is -4.20. The van der Waals surface area contributed by atoms with Gasteiger partial charge in [-0.3, -0.25) is 13.9 Å². The Labute approximate surface area is 282 Å². The molecule has 0 bridgehead atoms. The smallest absolute Gasteiger partial charge is 0.264 e. The van der Waals surface area contributed by atoms with E-state index in [1.165, 1.54) is 17.0 Å². The van der Waals surface area contributed by atoms with E-state index in [4.69, 9.17) is 23.2 Å². The van der Waals surface area contributed by atoms with Gasteiger partial charge in [0, 0.05) is 35.1 Å². The summed E-state index contributed by atoms with van der Waals surface area (Å²) in [5.41, 5.74) is 3.34. The van der Waals surface area contributed by atoms with Crippen molar-refractivity contribution < 1.29 is 18.0 Å². The van der Waals surface area contributed by atoms with E-state index >= 15 is 0 Å². The number of rotatable bonds is 13. The first kappa shape index (κ1) is 35.0. The highest BCUT2D eigenvalue weighted by Gasteiger charge is 2.35. The lowest BCUT2D eigenvalue weighted by Gasteiger charge is -2.34. The highest BCUT2D eigenvalue weighted by atomic mass is 35.5. The van der Waals surface area contributed by atoms with Gasteiger partial charge in [-0.25, -0.2) is 8.42 Å². The molecule has 10 heteroatoms. The molecule has 0 saturated carbocycles. The Hall–Kier alpha value is -3.85. The molecule has 0 spiro atoms. The van der Waals surface area contributed by atoms with Crippen LogP contribution in [0, 0.1) is 19.8 Å². The van der Waals surface area contributed by atoms with Crippen molar-refractivity contribution in [3.05, 3.63) is 129 Å². The first-order valence-corrected chi connectivity index (χ1v) is 17.3. The standard InChI is InChI=1S/C36H39Cl2N3O4S/c1-25(2)22-39-36(43)34(21-28-11-6-5-7-12-28)40(23-31-32(37)14-9-15-33(31)38)35(42)24-41(29-13-8-10-27(4)20-29)46(44,45)30-18-16-26(3)17-19-30/h5-20,25,34H,21-24H2,1-4H3,(H,39,43)/t34-/m0/s1. The summed E-state index contributed by atoms with van der Waals surface area (Å²) < 4.78 is 29.5. The van der Waals surface area contributed by atoms with Crippen LogP contribution in [0.1, 0.15) is 36.1 Å². The number of anilines is 1. The predicted octanol–water partition coefficient (Wildman–Crippen LogP) is 7.22. The molecule has 0 fully saturated rings. The number of hydrogen-bond acceptors (Lipinski definition) is 4. The molecule has 0 radical (unpaired) electrons. The third-order valence-corrected chi connectivity index (χ3v) is 10.0. The Bertz CT molecular complexity index is 1740. The Morgan fingerprint density at radius 3 is 2.04 bits per heavy atom. The molecule has 0 aliphatic carbocycles. The molecule has 0 aromatic heterocycles. The summed E-state index contributed by atoms with van der Waals surface area (Å²) in [4.78, 5) is 29.9. The van der Waals surface area contributed by atoms with Crippen LogP contribution in [0.25, 0.3) is 0 Å². The van der Waals surface area contributed by atoms with Crippen LogP contribution in [-0.2, 0) is 32.6 Å². The first-order chi connectivity index (χ1) is 21.9. The number of benzene rings is 4. The molecular formula is C36H39Cl2N3O4S. The second-order valence-corrected chi connectivity index (χ2v) is 14.4. The van der Waals surface area contributed by atoms with Crippen LogP contribution < -0.4 is 9.62 Å². The number of amides is 2. The van der Waals surface area contributed by atoms with Crippen LogP contribution in [0.3, 0.4) is 0 Å². The van der Waals surface area contributed by atoms with Gasteiger partial charge in [-0.2, -0.15) is 0 Å². The average Bonchev–Trinajstić information content (AvgIpc) is 3.02. The van der Waals surface area contributed by atoms with E-state index in [0.717, 1.165) is 21.0 Å². The van der Waals surface area contributed by atoms with Crippen molar-refractivity contribution in [2.75, 3.05) is 17.4 Å². The highest BCUT2D eigenvalue weighted by Crippen LogP contribution is 2.29. The second-order valence-electron chi connectivity index (χ2n) is 11.7. The van der Waals surface area contributed by atoms with Crippen LogP contribution in [0.15, 0.2) is 102 Å². The SMILES string of the molecule is Cc1ccc(S(=O)(=O)N(CC(=O)N(Cc2c(Cl)cccc2Cl)[C@@H](Cc2ccccc2)C(=O)NCC(C)C)c2cccc(C)c2)cc1. The van der Waals surface area contributed by atoms with E-state index in [1.807, 2.05) is 64.1 Å². The van der Waals surface area contributed by atoms with Gasteiger partial charge in [-0.05, 0) is 67.3 Å². The molecule has 242 valence electrons. The van der Waals surface area contributed by atoms with E-state index in [-0.39, 0.29) is 29.7 Å². The molecule has 4 aromatic rings. The van der Waals surface area contributed by atoms with Gasteiger partial charge in [0.2, 0.25) is 11.8 Å². The van der Waals surface area contributed by atoms with E-state index in [0.29, 0.717) is 27.8 Å². The summed E-state index contributed by atoms with van der Waals surface area (Å²) in [6.45, 7) is 7.40. The average molecular weight is 681 g/mol. The summed E-state index contributed by atoms with van der Waals surface area (Å²) in [6, 6.07) is 26.8. The maximum absolute atomic E-state index is 14.6. The lowest BCUT2D eigenvalue weighted by molar-refractivity contribution is -0.140. The lowest BCUT2D eigenvalue weighted by atomic mass is 10.0. The zero-order valence-corrected chi connectivity index (χ0v) is 28.7. The van der Waals surface area contributed by atoms with Gasteiger partial charge >= 0.3 is 0 Å². The van der Waals surface area contributed by atoms with Crippen LogP contribution in [0.5, 0.6) is 0 Å². The molecule has 2 amide bonds. The van der Waals surface area contributed by atoms with E-state index in [2.05, 4.69) is 5.32 Å². The van der Waals surface area contributed by atoms with Gasteiger partial charge < -0.3 is 10.2 Å². The van der Waals surface area contributed by atoms with Crippen molar-refractivity contribution in [2.24, 2.45) is 5.92 Å². The number of aryl methyl sites for hydroxylation is 2. The molecule has 0 unspecified atom stereocenters. The quantitative estimate of drug-likeness (QED) is 0.162. The molecule has 0 heterocycles. The molecule has 1 atom stereocenters. The van der Waals surface area contributed by atoms with Crippen LogP contribution in [0.4, 0.5) is 5.69 Å². The summed E-state index contributed by atoms with van der Waals surface area (Å²) in [5.74, 6) is -0.786. The number of hydrogen-bond donors (Lipinski definition) is 1. The maximum Gasteiger partial charge on any atom is 0.264 e. The molecule has 0 saturated heterocycles. The molecule has 46 heavy (non-hydrogen) atoms. The number of nitrogens with one attached hydrogen (secondary N) is 1. The van der Waals surface area contributed by atoms with E-state index in [9.17, 15) is 18.0 Å². The van der Waals surface area contributed by atoms with E-state index < -0.39 is 28.5 Å². The normalized spacial score (nSPS) is 12.1. The minimum atomic E-state index is -4.20. The van der Waals surface area contributed by atoms with Crippen molar-refractivity contribution in [1.82, 2.24) is 10.2 Å². The topological polar surface area (TPSA) is 86.8 Å². The summed E-state index contributed by atoms with van der Waals surface area (Å²) >= 11 is 13.2.